The molecule has 0 saturated carbocycles. The Balaban J connectivity index is 1.72. The summed E-state index contributed by atoms with van der Waals surface area (Å²) in [5.41, 5.74) is 3.57. The van der Waals surface area contributed by atoms with Crippen molar-refractivity contribution in [3.63, 3.8) is 0 Å². The van der Waals surface area contributed by atoms with E-state index in [9.17, 15) is 9.18 Å². The molecule has 0 aliphatic heterocycles. The first kappa shape index (κ1) is 16.6. The third-order valence-corrected chi connectivity index (χ3v) is 4.53. The van der Waals surface area contributed by atoms with E-state index in [1.807, 2.05) is 11.7 Å². The van der Waals surface area contributed by atoms with Crippen LogP contribution in [0.5, 0.6) is 0 Å². The van der Waals surface area contributed by atoms with Gasteiger partial charge in [0.05, 0.1) is 0 Å². The van der Waals surface area contributed by atoms with Gasteiger partial charge >= 0.3 is 0 Å². The van der Waals surface area contributed by atoms with Crippen molar-refractivity contribution in [2.24, 2.45) is 7.05 Å². The summed E-state index contributed by atoms with van der Waals surface area (Å²) in [5, 5.41) is 10.8. The fraction of sp³-hybridized carbons (Fsp3) is 0.444. The van der Waals surface area contributed by atoms with Gasteiger partial charge in [-0.05, 0) is 43.5 Å². The summed E-state index contributed by atoms with van der Waals surface area (Å²) in [6, 6.07) is 6.53. The number of likely N-dealkylation sites (N-methyl/N-ethyl adjacent to an activating group) is 1. The Morgan fingerprint density at radius 1 is 1.38 bits per heavy atom. The lowest BCUT2D eigenvalue weighted by molar-refractivity contribution is 0.0944. The maximum atomic E-state index is 12.9. The molecule has 2 N–H and O–H groups in total. The highest BCUT2D eigenvalue weighted by Gasteiger charge is 2.27. The second kappa shape index (κ2) is 7.13. The number of aromatic nitrogens is 2. The van der Waals surface area contributed by atoms with E-state index in [-0.39, 0.29) is 11.7 Å². The van der Waals surface area contributed by atoms with Gasteiger partial charge in [-0.1, -0.05) is 19.1 Å². The van der Waals surface area contributed by atoms with Crippen LogP contribution in [0.4, 0.5) is 4.39 Å². The molecule has 1 unspecified atom stereocenters. The normalized spacial score (nSPS) is 16.7. The minimum atomic E-state index is -0.279. The lowest BCUT2D eigenvalue weighted by atomic mass is 9.91. The number of rotatable bonds is 5. The standard InChI is InChI=1S/C18H23FN4O/c1-3-20-14-8-9-16-15(10-14)17(22-23(16)2)18(24)21-11-12-4-6-13(19)7-5-12/h4-7,14,20H,3,8-11H2,1-2H3,(H,21,24). The number of aryl methyl sites for hydroxylation is 1. The number of amides is 1. The lowest BCUT2D eigenvalue weighted by Gasteiger charge is -2.23. The fourth-order valence-corrected chi connectivity index (χ4v) is 3.30. The zero-order valence-corrected chi connectivity index (χ0v) is 14.1. The van der Waals surface area contributed by atoms with Gasteiger partial charge in [-0.15, -0.1) is 0 Å². The summed E-state index contributed by atoms with van der Waals surface area (Å²) in [6.07, 6.45) is 2.83. The van der Waals surface area contributed by atoms with E-state index in [1.165, 1.54) is 12.1 Å². The van der Waals surface area contributed by atoms with Crippen molar-refractivity contribution in [2.75, 3.05) is 6.54 Å². The Bertz CT molecular complexity index is 723. The van der Waals surface area contributed by atoms with Crippen molar-refractivity contribution >= 4 is 5.91 Å². The second-order valence-corrected chi connectivity index (χ2v) is 6.20. The highest BCUT2D eigenvalue weighted by molar-refractivity contribution is 5.94. The molecular formula is C18H23FN4O. The number of carbonyl (C=O) groups excluding carboxylic acids is 1. The van der Waals surface area contributed by atoms with E-state index in [0.29, 0.717) is 18.3 Å². The Morgan fingerprint density at radius 3 is 2.83 bits per heavy atom. The van der Waals surface area contributed by atoms with Crippen LogP contribution < -0.4 is 10.6 Å². The van der Waals surface area contributed by atoms with Crippen LogP contribution in [0.3, 0.4) is 0 Å². The zero-order chi connectivity index (χ0) is 17.1. The topological polar surface area (TPSA) is 59.0 Å². The Labute approximate surface area is 141 Å². The number of fused-ring (bicyclic) bond motifs is 1. The maximum Gasteiger partial charge on any atom is 0.272 e. The van der Waals surface area contributed by atoms with E-state index in [0.717, 1.165) is 42.6 Å². The number of hydrogen-bond acceptors (Lipinski definition) is 3. The summed E-state index contributed by atoms with van der Waals surface area (Å²) < 4.78 is 14.8. The third kappa shape index (κ3) is 3.48. The summed E-state index contributed by atoms with van der Waals surface area (Å²) in [6.45, 7) is 3.38. The van der Waals surface area contributed by atoms with Gasteiger partial charge in [0.25, 0.3) is 5.91 Å². The minimum Gasteiger partial charge on any atom is -0.347 e. The Morgan fingerprint density at radius 2 is 2.12 bits per heavy atom. The third-order valence-electron chi connectivity index (χ3n) is 4.53. The van der Waals surface area contributed by atoms with Gasteiger partial charge in [-0.2, -0.15) is 5.10 Å². The number of benzene rings is 1. The number of nitrogens with one attached hydrogen (secondary N) is 2. The highest BCUT2D eigenvalue weighted by atomic mass is 19.1. The molecule has 6 heteroatoms. The quantitative estimate of drug-likeness (QED) is 0.881. The Hall–Kier alpha value is -2.21. The summed E-state index contributed by atoms with van der Waals surface area (Å²) in [4.78, 5) is 12.6. The van der Waals surface area contributed by atoms with Crippen LogP contribution in [0.25, 0.3) is 0 Å². The molecule has 0 bridgehead atoms. The van der Waals surface area contributed by atoms with Gasteiger partial charge in [-0.3, -0.25) is 9.48 Å². The van der Waals surface area contributed by atoms with Gasteiger partial charge < -0.3 is 10.6 Å². The van der Waals surface area contributed by atoms with Crippen molar-refractivity contribution in [1.29, 1.82) is 0 Å². The molecule has 128 valence electrons. The first-order valence-electron chi connectivity index (χ1n) is 8.39. The van der Waals surface area contributed by atoms with Gasteiger partial charge in [0.2, 0.25) is 0 Å². The molecule has 2 aromatic rings. The lowest BCUT2D eigenvalue weighted by Crippen LogP contribution is -2.35. The van der Waals surface area contributed by atoms with Gasteiger partial charge in [0.1, 0.15) is 5.82 Å². The average molecular weight is 330 g/mol. The van der Waals surface area contributed by atoms with Crippen molar-refractivity contribution in [1.82, 2.24) is 20.4 Å². The summed E-state index contributed by atoms with van der Waals surface area (Å²) in [7, 11) is 1.89. The van der Waals surface area contributed by atoms with Gasteiger partial charge in [-0.25, -0.2) is 4.39 Å². The molecule has 0 fully saturated rings. The number of halogens is 1. The minimum absolute atomic E-state index is 0.173. The van der Waals surface area contributed by atoms with Crippen molar-refractivity contribution in [3.8, 4) is 0 Å². The molecule has 0 spiro atoms. The Kier molecular flexibility index (Phi) is 4.94. The highest BCUT2D eigenvalue weighted by Crippen LogP contribution is 2.24. The summed E-state index contributed by atoms with van der Waals surface area (Å²) >= 11 is 0. The molecule has 24 heavy (non-hydrogen) atoms. The van der Waals surface area contributed by atoms with Crippen molar-refractivity contribution in [3.05, 3.63) is 52.6 Å². The van der Waals surface area contributed by atoms with Crippen LogP contribution in [0.2, 0.25) is 0 Å². The van der Waals surface area contributed by atoms with E-state index in [4.69, 9.17) is 0 Å². The van der Waals surface area contributed by atoms with E-state index < -0.39 is 0 Å². The molecule has 1 aliphatic rings. The van der Waals surface area contributed by atoms with Crippen LogP contribution in [0.15, 0.2) is 24.3 Å². The second-order valence-electron chi connectivity index (χ2n) is 6.20. The van der Waals surface area contributed by atoms with Crippen molar-refractivity contribution in [2.45, 2.75) is 38.8 Å². The molecule has 1 aromatic heterocycles. The predicted molar refractivity (Wildman–Crippen MR) is 90.3 cm³/mol. The largest absolute Gasteiger partial charge is 0.347 e. The molecule has 1 aromatic carbocycles. The molecule has 1 heterocycles. The first-order valence-corrected chi connectivity index (χ1v) is 8.39. The van der Waals surface area contributed by atoms with Gasteiger partial charge in [0.15, 0.2) is 5.69 Å². The molecular weight excluding hydrogens is 307 g/mol. The fourth-order valence-electron chi connectivity index (χ4n) is 3.30. The molecule has 1 amide bonds. The molecule has 3 rings (SSSR count). The zero-order valence-electron chi connectivity index (χ0n) is 14.1. The smallest absolute Gasteiger partial charge is 0.272 e. The number of nitrogens with zero attached hydrogens (tertiary/aromatic N) is 2. The monoisotopic (exact) mass is 330 g/mol. The SMILES string of the molecule is CCNC1CCc2c(c(C(=O)NCc3ccc(F)cc3)nn2C)C1. The van der Waals surface area contributed by atoms with Crippen LogP contribution in [0.1, 0.15) is 40.7 Å². The molecule has 0 saturated heterocycles. The van der Waals surface area contributed by atoms with E-state index >= 15 is 0 Å². The molecule has 1 atom stereocenters. The van der Waals surface area contributed by atoms with Crippen LogP contribution in [-0.4, -0.2) is 28.3 Å². The van der Waals surface area contributed by atoms with Crippen LogP contribution in [0, 0.1) is 5.82 Å². The summed E-state index contributed by atoms with van der Waals surface area (Å²) in [5.74, 6) is -0.452. The maximum absolute atomic E-state index is 12.9. The molecule has 1 aliphatic carbocycles. The number of hydrogen-bond donors (Lipinski definition) is 2. The van der Waals surface area contributed by atoms with Gasteiger partial charge in [0, 0.05) is 30.9 Å². The van der Waals surface area contributed by atoms with Crippen molar-refractivity contribution < 1.29 is 9.18 Å². The van der Waals surface area contributed by atoms with E-state index in [2.05, 4.69) is 22.7 Å². The first-order chi connectivity index (χ1) is 11.6. The number of carbonyl (C=O) groups is 1. The van der Waals surface area contributed by atoms with Crippen LogP contribution >= 0.6 is 0 Å². The van der Waals surface area contributed by atoms with Crippen LogP contribution in [-0.2, 0) is 26.4 Å². The molecule has 0 radical (unpaired) electrons. The van der Waals surface area contributed by atoms with E-state index in [1.54, 1.807) is 12.1 Å². The predicted octanol–water partition coefficient (Wildman–Crippen LogP) is 1.96. The molecule has 5 nitrogen and oxygen atoms in total. The average Bonchev–Trinajstić information content (AvgIpc) is 2.91.